The van der Waals surface area contributed by atoms with Crippen molar-refractivity contribution in [3.63, 3.8) is 0 Å². The normalized spacial score (nSPS) is 12.4. The molecule has 5 nitrogen and oxygen atoms in total. The zero-order valence-corrected chi connectivity index (χ0v) is 15.1. The van der Waals surface area contributed by atoms with Gasteiger partial charge in [-0.2, -0.15) is 21.8 Å². The summed E-state index contributed by atoms with van der Waals surface area (Å²) >= 11 is 5.93. The molecule has 11 heteroatoms. The minimum absolute atomic E-state index is 0.108. The smallest absolute Gasteiger partial charge is 0.287 e. The second-order valence-corrected chi connectivity index (χ2v) is 7.38. The van der Waals surface area contributed by atoms with Crippen LogP contribution in [0.4, 0.5) is 17.6 Å². The molecule has 2 rings (SSSR count). The van der Waals surface area contributed by atoms with E-state index in [1.807, 2.05) is 0 Å². The average molecular weight is 427 g/mol. The highest BCUT2D eigenvalue weighted by Crippen LogP contribution is 2.25. The summed E-state index contributed by atoms with van der Waals surface area (Å²) in [5, 5.41) is 0.318. The summed E-state index contributed by atoms with van der Waals surface area (Å²) < 4.78 is 78.8. The molecule has 146 valence electrons. The molecule has 2 aromatic rings. The van der Waals surface area contributed by atoms with Gasteiger partial charge in [0, 0.05) is 17.7 Å². The van der Waals surface area contributed by atoms with Gasteiger partial charge in [-0.3, -0.25) is 8.98 Å². The molecule has 1 heterocycles. The summed E-state index contributed by atoms with van der Waals surface area (Å²) in [4.78, 5) is 11.7. The minimum atomic E-state index is -4.69. The van der Waals surface area contributed by atoms with Gasteiger partial charge in [-0.15, -0.1) is 0 Å². The Morgan fingerprint density at radius 2 is 1.78 bits per heavy atom. The van der Waals surface area contributed by atoms with Crippen LogP contribution >= 0.6 is 11.6 Å². The molecular weight excluding hydrogens is 414 g/mol. The summed E-state index contributed by atoms with van der Waals surface area (Å²) in [6.45, 7) is -2.10. The van der Waals surface area contributed by atoms with Crippen molar-refractivity contribution in [3.05, 3.63) is 59.4 Å². The fourth-order valence-electron chi connectivity index (χ4n) is 1.92. The first-order valence-corrected chi connectivity index (χ1v) is 9.14. The molecule has 0 radical (unpaired) electrons. The Morgan fingerprint density at radius 1 is 1.15 bits per heavy atom. The predicted octanol–water partition coefficient (Wildman–Crippen LogP) is 3.12. The zero-order chi connectivity index (χ0) is 20.2. The lowest BCUT2D eigenvalue weighted by atomic mass is 10.1. The Bertz CT molecular complexity index is 920. The van der Waals surface area contributed by atoms with Gasteiger partial charge in [-0.05, 0) is 41.9 Å². The van der Waals surface area contributed by atoms with Crippen molar-refractivity contribution in [3.8, 4) is 0 Å². The molecule has 0 unspecified atom stereocenters. The highest BCUT2D eigenvalue weighted by Gasteiger charge is 2.42. The van der Waals surface area contributed by atoms with Crippen LogP contribution in [0.15, 0.2) is 53.6 Å². The van der Waals surface area contributed by atoms with Crippen LogP contribution in [0.3, 0.4) is 0 Å². The molecule has 0 bridgehead atoms. The third kappa shape index (κ3) is 5.47. The molecule has 0 saturated carbocycles. The van der Waals surface area contributed by atoms with Crippen LogP contribution in [0.2, 0.25) is 5.15 Å². The van der Waals surface area contributed by atoms with Crippen LogP contribution in [-0.2, 0) is 20.8 Å². The standard InChI is InChI=1S/C16H13ClF4NO4S/c17-14-3-1-2-8-22(14)9-13(23)11-4-6-12(7-5-11)27(24,25)26-10-16(20,21)15(18)19/h1-8,15H,9-10H2/q+1. The number of aromatic nitrogens is 1. The second-order valence-electron chi connectivity index (χ2n) is 5.38. The Kier molecular flexibility index (Phi) is 6.55. The third-order valence-corrected chi connectivity index (χ3v) is 5.01. The van der Waals surface area contributed by atoms with E-state index in [4.69, 9.17) is 11.6 Å². The van der Waals surface area contributed by atoms with Crippen LogP contribution in [-0.4, -0.2) is 33.2 Å². The first-order chi connectivity index (χ1) is 12.5. The number of benzene rings is 1. The molecule has 0 amide bonds. The number of halogens is 5. The van der Waals surface area contributed by atoms with E-state index in [-0.39, 0.29) is 17.9 Å². The topological polar surface area (TPSA) is 64.3 Å². The molecule has 1 aromatic heterocycles. The van der Waals surface area contributed by atoms with Gasteiger partial charge < -0.3 is 0 Å². The fourth-order valence-corrected chi connectivity index (χ4v) is 3.03. The second kappa shape index (κ2) is 8.32. The van der Waals surface area contributed by atoms with Crippen LogP contribution in [0, 0.1) is 0 Å². The predicted molar refractivity (Wildman–Crippen MR) is 86.5 cm³/mol. The summed E-state index contributed by atoms with van der Waals surface area (Å²) in [6.07, 6.45) is -2.48. The number of nitrogens with zero attached hydrogens (tertiary/aromatic N) is 1. The van der Waals surface area contributed by atoms with E-state index in [1.54, 1.807) is 24.4 Å². The van der Waals surface area contributed by atoms with Crippen molar-refractivity contribution in [1.29, 1.82) is 0 Å². The van der Waals surface area contributed by atoms with Gasteiger partial charge >= 0.3 is 12.3 Å². The number of carbonyl (C=O) groups excluding carboxylic acids is 1. The molecule has 27 heavy (non-hydrogen) atoms. The number of rotatable bonds is 8. The molecule has 0 N–H and O–H groups in total. The molecule has 0 spiro atoms. The molecule has 0 saturated heterocycles. The van der Waals surface area contributed by atoms with E-state index in [0.29, 0.717) is 5.15 Å². The van der Waals surface area contributed by atoms with Gasteiger partial charge in [0.25, 0.3) is 15.3 Å². The van der Waals surface area contributed by atoms with Crippen molar-refractivity contribution in [2.24, 2.45) is 0 Å². The van der Waals surface area contributed by atoms with Crippen molar-refractivity contribution in [1.82, 2.24) is 0 Å². The first-order valence-electron chi connectivity index (χ1n) is 7.35. The Labute approximate surface area is 157 Å². The van der Waals surface area contributed by atoms with Crippen LogP contribution in [0.25, 0.3) is 0 Å². The highest BCUT2D eigenvalue weighted by atomic mass is 35.5. The monoisotopic (exact) mass is 426 g/mol. The molecule has 0 aliphatic rings. The Hall–Kier alpha value is -2.04. The van der Waals surface area contributed by atoms with Crippen LogP contribution in [0.5, 0.6) is 0 Å². The Morgan fingerprint density at radius 3 is 2.33 bits per heavy atom. The molecule has 0 fully saturated rings. The van der Waals surface area contributed by atoms with E-state index < -0.39 is 34.0 Å². The number of ketones is 1. The average Bonchev–Trinajstić information content (AvgIpc) is 2.62. The van der Waals surface area contributed by atoms with Gasteiger partial charge in [0.2, 0.25) is 12.3 Å². The number of pyridine rings is 1. The van der Waals surface area contributed by atoms with Gasteiger partial charge in [0.05, 0.1) is 4.90 Å². The first kappa shape index (κ1) is 21.3. The third-order valence-electron chi connectivity index (χ3n) is 3.39. The minimum Gasteiger partial charge on any atom is -0.287 e. The lowest BCUT2D eigenvalue weighted by molar-refractivity contribution is -0.681. The zero-order valence-electron chi connectivity index (χ0n) is 13.5. The number of Topliss-reactive ketones (excluding diaryl/α,β-unsaturated/α-hetero) is 1. The summed E-state index contributed by atoms with van der Waals surface area (Å²) in [5.41, 5.74) is 0.138. The maximum absolute atomic E-state index is 12.8. The summed E-state index contributed by atoms with van der Waals surface area (Å²) in [6, 6.07) is 9.15. The Balaban J connectivity index is 2.09. The van der Waals surface area contributed by atoms with Crippen molar-refractivity contribution in [2.45, 2.75) is 23.8 Å². The molecule has 0 aliphatic heterocycles. The van der Waals surface area contributed by atoms with E-state index >= 15 is 0 Å². The molecular formula is C16H13ClF4NO4S+. The maximum Gasteiger partial charge on any atom is 0.331 e. The van der Waals surface area contributed by atoms with Gasteiger partial charge in [0.1, 0.15) is 6.61 Å². The quantitative estimate of drug-likeness (QED) is 0.214. The number of alkyl halides is 4. The largest absolute Gasteiger partial charge is 0.331 e. The highest BCUT2D eigenvalue weighted by molar-refractivity contribution is 7.86. The summed E-state index contributed by atoms with van der Waals surface area (Å²) in [5.74, 6) is -4.99. The van der Waals surface area contributed by atoms with Gasteiger partial charge in [-0.1, -0.05) is 0 Å². The lowest BCUT2D eigenvalue weighted by Gasteiger charge is -2.15. The molecule has 0 atom stereocenters. The number of hydrogen-bond donors (Lipinski definition) is 0. The SMILES string of the molecule is O=C(C[n+]1ccccc1Cl)c1ccc(S(=O)(=O)OCC(F)(F)C(F)F)cc1. The van der Waals surface area contributed by atoms with E-state index in [2.05, 4.69) is 4.18 Å². The number of hydrogen-bond acceptors (Lipinski definition) is 4. The van der Waals surface area contributed by atoms with E-state index in [9.17, 15) is 30.8 Å². The van der Waals surface area contributed by atoms with E-state index in [1.165, 1.54) is 4.57 Å². The van der Waals surface area contributed by atoms with Crippen molar-refractivity contribution in [2.75, 3.05) is 6.61 Å². The molecule has 1 aromatic carbocycles. The fraction of sp³-hybridized carbons (Fsp3) is 0.250. The summed E-state index contributed by atoms with van der Waals surface area (Å²) in [7, 11) is -4.69. The molecule has 0 aliphatic carbocycles. The van der Waals surface area contributed by atoms with Crippen molar-refractivity contribution < 1.29 is 39.5 Å². The lowest BCUT2D eigenvalue weighted by Crippen LogP contribution is -2.38. The van der Waals surface area contributed by atoms with Gasteiger partial charge in [-0.25, -0.2) is 8.78 Å². The van der Waals surface area contributed by atoms with Crippen LogP contribution in [0.1, 0.15) is 10.4 Å². The van der Waals surface area contributed by atoms with E-state index in [0.717, 1.165) is 24.3 Å². The number of carbonyl (C=O) groups is 1. The van der Waals surface area contributed by atoms with Gasteiger partial charge in [0.15, 0.2) is 6.20 Å². The van der Waals surface area contributed by atoms with Crippen LogP contribution < -0.4 is 4.57 Å². The maximum atomic E-state index is 12.8. The van der Waals surface area contributed by atoms with Crippen molar-refractivity contribution >= 4 is 27.5 Å².